The van der Waals surface area contributed by atoms with E-state index in [1.165, 1.54) is 0 Å². The van der Waals surface area contributed by atoms with Crippen molar-refractivity contribution in [2.75, 3.05) is 13.2 Å². The van der Waals surface area contributed by atoms with Crippen LogP contribution in [0.1, 0.15) is 19.3 Å². The molecule has 1 heterocycles. The molecule has 0 bridgehead atoms. The van der Waals surface area contributed by atoms with Crippen LogP contribution in [0.5, 0.6) is 0 Å². The molecule has 1 aliphatic rings. The first-order valence-electron chi connectivity index (χ1n) is 4.20. The summed E-state index contributed by atoms with van der Waals surface area (Å²) in [6, 6.07) is 0. The number of hydrogen-bond donors (Lipinski definition) is 1. The zero-order chi connectivity index (χ0) is 8.81. The van der Waals surface area contributed by atoms with Gasteiger partial charge < -0.3 is 14.6 Å². The Labute approximate surface area is 71.5 Å². The van der Waals surface area contributed by atoms with Crippen molar-refractivity contribution in [2.45, 2.75) is 31.7 Å². The van der Waals surface area contributed by atoms with E-state index in [-0.39, 0.29) is 12.7 Å². The van der Waals surface area contributed by atoms with Crippen molar-refractivity contribution < 1.29 is 19.4 Å². The van der Waals surface area contributed by atoms with E-state index < -0.39 is 6.29 Å². The molecule has 4 nitrogen and oxygen atoms in total. The molecule has 4 heteroatoms. The minimum Gasteiger partial charge on any atom is -0.396 e. The van der Waals surface area contributed by atoms with Crippen LogP contribution in [-0.4, -0.2) is 37.0 Å². The molecule has 2 atom stereocenters. The molecule has 0 amide bonds. The van der Waals surface area contributed by atoms with Crippen LogP contribution in [0.2, 0.25) is 0 Å². The lowest BCUT2D eigenvalue weighted by molar-refractivity contribution is -0.133. The maximum absolute atomic E-state index is 10.2. The van der Waals surface area contributed by atoms with Gasteiger partial charge in [0.1, 0.15) is 0 Å². The molecule has 0 aromatic rings. The average Bonchev–Trinajstić information content (AvgIpc) is 2.53. The molecule has 0 aromatic carbocycles. The summed E-state index contributed by atoms with van der Waals surface area (Å²) in [5.41, 5.74) is 0. The fourth-order valence-electron chi connectivity index (χ4n) is 1.18. The smallest absolute Gasteiger partial charge is 0.215 e. The molecular formula is C8H14O4. The van der Waals surface area contributed by atoms with Gasteiger partial charge in [-0.1, -0.05) is 0 Å². The highest BCUT2D eigenvalue weighted by Gasteiger charge is 2.24. The number of ether oxygens (including phenoxy) is 2. The van der Waals surface area contributed by atoms with Gasteiger partial charge in [0.25, 0.3) is 0 Å². The number of aldehydes is 1. The van der Waals surface area contributed by atoms with Gasteiger partial charge in [-0.25, -0.2) is 0 Å². The van der Waals surface area contributed by atoms with Crippen molar-refractivity contribution >= 4 is 6.29 Å². The van der Waals surface area contributed by atoms with Crippen LogP contribution in [0.15, 0.2) is 0 Å². The van der Waals surface area contributed by atoms with Crippen molar-refractivity contribution in [1.82, 2.24) is 0 Å². The highest BCUT2D eigenvalue weighted by atomic mass is 16.7. The second kappa shape index (κ2) is 5.24. The van der Waals surface area contributed by atoms with Gasteiger partial charge in [0.2, 0.25) is 6.29 Å². The Kier molecular flexibility index (Phi) is 4.21. The fraction of sp³-hybridized carbons (Fsp3) is 0.875. The molecular weight excluding hydrogens is 160 g/mol. The Morgan fingerprint density at radius 2 is 2.33 bits per heavy atom. The number of aliphatic hydroxyl groups is 1. The summed E-state index contributed by atoms with van der Waals surface area (Å²) in [7, 11) is 0. The number of carbonyl (C=O) groups excluding carboxylic acids is 1. The minimum atomic E-state index is -0.663. The van der Waals surface area contributed by atoms with Crippen LogP contribution in [0.4, 0.5) is 0 Å². The molecule has 1 N–H and O–H groups in total. The van der Waals surface area contributed by atoms with Crippen LogP contribution in [0.25, 0.3) is 0 Å². The molecule has 0 radical (unpaired) electrons. The third-order valence-electron chi connectivity index (χ3n) is 1.82. The first-order valence-corrected chi connectivity index (χ1v) is 4.20. The van der Waals surface area contributed by atoms with E-state index in [2.05, 4.69) is 0 Å². The zero-order valence-corrected chi connectivity index (χ0v) is 6.94. The van der Waals surface area contributed by atoms with Crippen LogP contribution in [0.3, 0.4) is 0 Å². The lowest BCUT2D eigenvalue weighted by atomic mass is 10.2. The highest BCUT2D eigenvalue weighted by molar-refractivity contribution is 5.54. The molecule has 0 saturated carbocycles. The van der Waals surface area contributed by atoms with Crippen molar-refractivity contribution in [1.29, 1.82) is 0 Å². The zero-order valence-electron chi connectivity index (χ0n) is 6.94. The predicted octanol–water partition coefficient (Wildman–Crippen LogP) is 0.0894. The maximum atomic E-state index is 10.2. The number of hydrogen-bond acceptors (Lipinski definition) is 4. The molecule has 1 saturated heterocycles. The van der Waals surface area contributed by atoms with Crippen molar-refractivity contribution in [3.63, 3.8) is 0 Å². The van der Waals surface area contributed by atoms with Crippen molar-refractivity contribution in [3.8, 4) is 0 Å². The molecule has 1 fully saturated rings. The molecule has 0 spiro atoms. The van der Waals surface area contributed by atoms with Crippen LogP contribution in [0, 0.1) is 0 Å². The van der Waals surface area contributed by atoms with E-state index in [9.17, 15) is 4.79 Å². The Balaban J connectivity index is 2.06. The number of aliphatic hydroxyl groups excluding tert-OH is 1. The normalized spacial score (nSPS) is 29.1. The van der Waals surface area contributed by atoms with E-state index in [0.717, 1.165) is 19.3 Å². The number of rotatable bonds is 5. The maximum Gasteiger partial charge on any atom is 0.215 e. The largest absolute Gasteiger partial charge is 0.396 e. The molecule has 12 heavy (non-hydrogen) atoms. The monoisotopic (exact) mass is 174 g/mol. The Bertz CT molecular complexity index is 137. The number of carbonyl (C=O) groups is 1. The highest BCUT2D eigenvalue weighted by Crippen LogP contribution is 2.14. The summed E-state index contributed by atoms with van der Waals surface area (Å²) in [4.78, 5) is 10.2. The van der Waals surface area contributed by atoms with Gasteiger partial charge in [-0.2, -0.15) is 0 Å². The Morgan fingerprint density at radius 3 is 2.92 bits per heavy atom. The first kappa shape index (κ1) is 9.64. The Hall–Kier alpha value is -0.450. The van der Waals surface area contributed by atoms with Gasteiger partial charge in [-0.15, -0.1) is 0 Å². The first-order chi connectivity index (χ1) is 5.86. The summed E-state index contributed by atoms with van der Waals surface area (Å²) in [5, 5.41) is 8.51. The van der Waals surface area contributed by atoms with Gasteiger partial charge in [-0.3, -0.25) is 4.79 Å². The van der Waals surface area contributed by atoms with Gasteiger partial charge in [0, 0.05) is 6.61 Å². The lowest BCUT2D eigenvalue weighted by Gasteiger charge is -2.06. The van der Waals surface area contributed by atoms with Gasteiger partial charge in [0.15, 0.2) is 6.29 Å². The predicted molar refractivity (Wildman–Crippen MR) is 41.6 cm³/mol. The third-order valence-corrected chi connectivity index (χ3v) is 1.82. The van der Waals surface area contributed by atoms with E-state index in [0.29, 0.717) is 12.9 Å². The van der Waals surface area contributed by atoms with Crippen molar-refractivity contribution in [2.24, 2.45) is 0 Å². The quantitative estimate of drug-likeness (QED) is 0.474. The average molecular weight is 174 g/mol. The SMILES string of the molecule is O=CC1OCC(CCCCO)O1. The van der Waals surface area contributed by atoms with E-state index in [1.54, 1.807) is 0 Å². The minimum absolute atomic E-state index is 0.0340. The van der Waals surface area contributed by atoms with Gasteiger partial charge in [-0.05, 0) is 19.3 Å². The third kappa shape index (κ3) is 2.89. The standard InChI is InChI=1S/C8H14O4/c9-4-2-1-3-7-6-11-8(5-10)12-7/h5,7-9H,1-4,6H2. The summed E-state index contributed by atoms with van der Waals surface area (Å²) in [5.74, 6) is 0. The summed E-state index contributed by atoms with van der Waals surface area (Å²) in [6.07, 6.45) is 2.58. The molecule has 70 valence electrons. The van der Waals surface area contributed by atoms with Gasteiger partial charge >= 0.3 is 0 Å². The van der Waals surface area contributed by atoms with Crippen LogP contribution in [-0.2, 0) is 14.3 Å². The number of unbranched alkanes of at least 4 members (excludes halogenated alkanes) is 1. The Morgan fingerprint density at radius 1 is 1.50 bits per heavy atom. The van der Waals surface area contributed by atoms with E-state index in [1.807, 2.05) is 0 Å². The lowest BCUT2D eigenvalue weighted by Crippen LogP contribution is -2.13. The fourth-order valence-corrected chi connectivity index (χ4v) is 1.18. The summed E-state index contributed by atoms with van der Waals surface area (Å²) >= 11 is 0. The van der Waals surface area contributed by atoms with Gasteiger partial charge in [0.05, 0.1) is 12.7 Å². The van der Waals surface area contributed by atoms with E-state index in [4.69, 9.17) is 14.6 Å². The molecule has 0 aliphatic carbocycles. The molecule has 0 aromatic heterocycles. The second-order valence-electron chi connectivity index (χ2n) is 2.82. The van der Waals surface area contributed by atoms with Crippen LogP contribution >= 0.6 is 0 Å². The van der Waals surface area contributed by atoms with Crippen molar-refractivity contribution in [3.05, 3.63) is 0 Å². The second-order valence-corrected chi connectivity index (χ2v) is 2.82. The van der Waals surface area contributed by atoms with Crippen LogP contribution < -0.4 is 0 Å². The van der Waals surface area contributed by atoms with E-state index >= 15 is 0 Å². The summed E-state index contributed by atoms with van der Waals surface area (Å²) in [6.45, 7) is 0.708. The molecule has 2 unspecified atom stereocenters. The summed E-state index contributed by atoms with van der Waals surface area (Å²) < 4.78 is 10.2. The molecule has 1 rings (SSSR count). The topological polar surface area (TPSA) is 55.8 Å². The molecule has 1 aliphatic heterocycles.